The van der Waals surface area contributed by atoms with Crippen LogP contribution in [0.15, 0.2) is 58.1 Å². The number of furan rings is 1. The van der Waals surface area contributed by atoms with Crippen LogP contribution in [0.1, 0.15) is 85.5 Å². The number of ether oxygens (including phenoxy) is 1. The molecule has 1 amide bonds. The summed E-state index contributed by atoms with van der Waals surface area (Å²) in [5.41, 5.74) is 1.73. The van der Waals surface area contributed by atoms with Crippen molar-refractivity contribution in [1.29, 1.82) is 0 Å². The summed E-state index contributed by atoms with van der Waals surface area (Å²) in [6.45, 7) is 18.0. The van der Waals surface area contributed by atoms with Gasteiger partial charge in [-0.15, -0.1) is 0 Å². The first-order valence-corrected chi connectivity index (χ1v) is 17.5. The van der Waals surface area contributed by atoms with Gasteiger partial charge in [-0.3, -0.25) is 0 Å². The number of nitrogens with zero attached hydrogens (tertiary/aromatic N) is 7. The highest BCUT2D eigenvalue weighted by Crippen LogP contribution is 2.38. The van der Waals surface area contributed by atoms with Crippen molar-refractivity contribution in [3.63, 3.8) is 0 Å². The van der Waals surface area contributed by atoms with E-state index in [1.807, 2.05) is 67.2 Å². The van der Waals surface area contributed by atoms with Crippen molar-refractivity contribution in [3.8, 4) is 28.3 Å². The maximum Gasteiger partial charge on any atom is 0.410 e. The lowest BCUT2D eigenvalue weighted by Crippen LogP contribution is -2.59. The lowest BCUT2D eigenvalue weighted by atomic mass is 10.0. The summed E-state index contributed by atoms with van der Waals surface area (Å²) >= 11 is 6.93. The van der Waals surface area contributed by atoms with E-state index >= 15 is 4.39 Å². The fraction of sp³-hybridized carbons (Fsp3) is 0.421. The Bertz CT molecular complexity index is 2130. The highest BCUT2D eigenvalue weighted by Gasteiger charge is 2.37. The fourth-order valence-corrected chi connectivity index (χ4v) is 6.66. The number of halogens is 2. The van der Waals surface area contributed by atoms with Crippen molar-refractivity contribution in [2.24, 2.45) is 0 Å². The monoisotopic (exact) mass is 715 g/mol. The molecule has 0 saturated carbocycles. The van der Waals surface area contributed by atoms with Crippen LogP contribution in [0.2, 0.25) is 5.02 Å². The van der Waals surface area contributed by atoms with Crippen LogP contribution in [0.4, 0.5) is 15.0 Å². The normalized spacial score (nSPS) is 16.8. The van der Waals surface area contributed by atoms with E-state index in [-0.39, 0.29) is 45.8 Å². The minimum absolute atomic E-state index is 0.145. The number of carbonyl (C=O) groups excluding carboxylic acids is 1. The molecule has 5 aromatic rings. The van der Waals surface area contributed by atoms with Crippen LogP contribution in [0.25, 0.3) is 39.4 Å². The Balaban J connectivity index is 1.62. The average Bonchev–Trinajstić information content (AvgIpc) is 3.60. The molecule has 0 bridgehead atoms. The molecule has 2 atom stereocenters. The van der Waals surface area contributed by atoms with Crippen molar-refractivity contribution in [2.45, 2.75) is 91.8 Å². The Morgan fingerprint density at radius 2 is 1.65 bits per heavy atom. The number of fused-ring (bicyclic) bond motifs is 1. The topological polar surface area (TPSA) is 119 Å². The largest absolute Gasteiger partial charge is 0.472 e. The second kappa shape index (κ2) is 13.7. The molecule has 1 saturated heterocycles. The first-order valence-electron chi connectivity index (χ1n) is 17.1. The van der Waals surface area contributed by atoms with Gasteiger partial charge in [0.15, 0.2) is 11.5 Å². The van der Waals surface area contributed by atoms with Crippen LogP contribution >= 0.6 is 11.6 Å². The molecular weight excluding hydrogens is 673 g/mol. The van der Waals surface area contributed by atoms with E-state index in [2.05, 4.69) is 0 Å². The number of anilines is 1. The molecule has 1 aliphatic heterocycles. The maximum atomic E-state index is 15.3. The van der Waals surface area contributed by atoms with Gasteiger partial charge in [0, 0.05) is 30.7 Å². The molecule has 0 N–H and O–H groups in total. The molecule has 6 rings (SSSR count). The third kappa shape index (κ3) is 6.93. The Kier molecular flexibility index (Phi) is 9.67. The molecule has 1 aliphatic rings. The number of rotatable bonds is 6. The Hall–Kier alpha value is -4.84. The summed E-state index contributed by atoms with van der Waals surface area (Å²) in [5.74, 6) is 0.0297. The van der Waals surface area contributed by atoms with Gasteiger partial charge >= 0.3 is 11.8 Å². The summed E-state index contributed by atoms with van der Waals surface area (Å²) in [7, 11) is 0. The number of hydrogen-bond donors (Lipinski definition) is 0. The molecule has 1 fully saturated rings. The molecule has 1 aromatic carbocycles. The van der Waals surface area contributed by atoms with Crippen molar-refractivity contribution < 1.29 is 18.3 Å². The number of aromatic nitrogens is 5. The zero-order chi connectivity index (χ0) is 36.9. The first kappa shape index (κ1) is 36.0. The second-order valence-corrected chi connectivity index (χ2v) is 15.1. The SMILES string of the molecule is CC(C)c1nc(-c2ccoc2)nc(C(C)C)c1-n1c(=O)nc(N2C[C@@H](C)N(C(=O)OC(C)(C)C)C[C@@H]2C)c2cc(Cl)c(-c3ccccc3F)nc21. The Labute approximate surface area is 301 Å². The minimum Gasteiger partial charge on any atom is -0.472 e. The summed E-state index contributed by atoms with van der Waals surface area (Å²) in [5, 5.41) is 0.668. The van der Waals surface area contributed by atoms with E-state index in [4.69, 9.17) is 40.7 Å². The van der Waals surface area contributed by atoms with Crippen LogP contribution in [0.5, 0.6) is 0 Å². The Morgan fingerprint density at radius 1 is 0.980 bits per heavy atom. The maximum absolute atomic E-state index is 15.3. The minimum atomic E-state index is -0.651. The van der Waals surface area contributed by atoms with Crippen molar-refractivity contribution >= 4 is 34.5 Å². The second-order valence-electron chi connectivity index (χ2n) is 14.7. The van der Waals surface area contributed by atoms with E-state index in [0.29, 0.717) is 52.8 Å². The van der Waals surface area contributed by atoms with E-state index in [9.17, 15) is 9.59 Å². The Morgan fingerprint density at radius 3 is 2.24 bits per heavy atom. The van der Waals surface area contributed by atoms with Gasteiger partial charge in [0.1, 0.15) is 23.5 Å². The number of amides is 1. The molecule has 0 aliphatic carbocycles. The summed E-state index contributed by atoms with van der Waals surface area (Å²) in [6, 6.07) is 9.17. The van der Waals surface area contributed by atoms with Crippen molar-refractivity contribution in [3.05, 3.63) is 81.6 Å². The van der Waals surface area contributed by atoms with E-state index in [1.54, 1.807) is 47.8 Å². The standard InChI is InChI=1S/C38H43ClFN7O4/c1-20(2)29-32(30(21(3)4)42-33(41-29)24-14-15-50-19-24)47-35-26(16-27(39)31(43-35)25-12-10-11-13-28(25)40)34(44-36(47)48)45-17-23(6)46(18-22(45)5)37(49)51-38(7,8)9/h10-16,19-23H,17-18H2,1-9H3/t22-,23+/m0/s1. The predicted molar refractivity (Wildman–Crippen MR) is 196 cm³/mol. The molecular formula is C38H43ClFN7O4. The zero-order valence-corrected chi connectivity index (χ0v) is 31.1. The number of benzene rings is 1. The van der Waals surface area contributed by atoms with Crippen LogP contribution in [-0.2, 0) is 4.74 Å². The van der Waals surface area contributed by atoms with Crippen molar-refractivity contribution in [2.75, 3.05) is 18.0 Å². The molecule has 268 valence electrons. The molecule has 0 spiro atoms. The summed E-state index contributed by atoms with van der Waals surface area (Å²) < 4.78 is 27.7. The quantitative estimate of drug-likeness (QED) is 0.171. The first-order chi connectivity index (χ1) is 24.1. The number of hydrogen-bond acceptors (Lipinski definition) is 9. The molecule has 0 unspecified atom stereocenters. The number of carbonyl (C=O) groups is 1. The highest BCUT2D eigenvalue weighted by atomic mass is 35.5. The van der Waals surface area contributed by atoms with Crippen LogP contribution in [0.3, 0.4) is 0 Å². The summed E-state index contributed by atoms with van der Waals surface area (Å²) in [4.78, 5) is 51.0. The van der Waals surface area contributed by atoms with Crippen molar-refractivity contribution in [1.82, 2.24) is 29.4 Å². The smallest absolute Gasteiger partial charge is 0.410 e. The fourth-order valence-electron chi connectivity index (χ4n) is 6.41. The molecule has 4 aromatic heterocycles. The lowest BCUT2D eigenvalue weighted by molar-refractivity contribution is 0.0130. The van der Waals surface area contributed by atoms with E-state index < -0.39 is 23.2 Å². The average molecular weight is 716 g/mol. The van der Waals surface area contributed by atoms with Gasteiger partial charge in [0.2, 0.25) is 0 Å². The van der Waals surface area contributed by atoms with Gasteiger partial charge in [-0.25, -0.2) is 33.5 Å². The number of piperazine rings is 1. The van der Waals surface area contributed by atoms with Gasteiger partial charge in [-0.1, -0.05) is 51.4 Å². The van der Waals surface area contributed by atoms with Gasteiger partial charge in [-0.05, 0) is 70.7 Å². The van der Waals surface area contributed by atoms with E-state index in [1.165, 1.54) is 10.6 Å². The third-order valence-corrected chi connectivity index (χ3v) is 9.14. The zero-order valence-electron chi connectivity index (χ0n) is 30.4. The van der Waals surface area contributed by atoms with Crippen LogP contribution in [0, 0.1) is 5.82 Å². The lowest BCUT2D eigenvalue weighted by Gasteiger charge is -2.44. The van der Waals surface area contributed by atoms with E-state index in [0.717, 1.165) is 0 Å². The van der Waals surface area contributed by atoms with Crippen LogP contribution < -0.4 is 10.6 Å². The molecule has 51 heavy (non-hydrogen) atoms. The highest BCUT2D eigenvalue weighted by molar-refractivity contribution is 6.33. The molecule has 13 heteroatoms. The van der Waals surface area contributed by atoms with Gasteiger partial charge < -0.3 is 19.0 Å². The third-order valence-electron chi connectivity index (χ3n) is 8.85. The van der Waals surface area contributed by atoms with Gasteiger partial charge in [0.05, 0.1) is 45.0 Å². The molecule has 5 heterocycles. The number of pyridine rings is 1. The van der Waals surface area contributed by atoms with Crippen LogP contribution in [-0.4, -0.2) is 66.3 Å². The predicted octanol–water partition coefficient (Wildman–Crippen LogP) is 8.37. The molecule has 11 nitrogen and oxygen atoms in total. The van der Waals surface area contributed by atoms with Gasteiger partial charge in [0.25, 0.3) is 0 Å². The summed E-state index contributed by atoms with van der Waals surface area (Å²) in [6.07, 6.45) is 2.73. The van der Waals surface area contributed by atoms with Gasteiger partial charge in [-0.2, -0.15) is 4.98 Å². The molecule has 0 radical (unpaired) electrons.